The van der Waals surface area contributed by atoms with Gasteiger partial charge in [0.05, 0.1) is 16.1 Å². The molecule has 2 aromatic heterocycles. The van der Waals surface area contributed by atoms with Gasteiger partial charge in [-0.1, -0.05) is 23.2 Å². The zero-order valence-electron chi connectivity index (χ0n) is 11.1. The molecule has 7 heteroatoms. The predicted octanol–water partition coefficient (Wildman–Crippen LogP) is 3.15. The van der Waals surface area contributed by atoms with Gasteiger partial charge in [-0.25, -0.2) is 4.98 Å². The van der Waals surface area contributed by atoms with E-state index < -0.39 is 0 Å². The fourth-order valence-corrected chi connectivity index (χ4v) is 3.09. The molecular formula is C13H15Cl2N5. The van der Waals surface area contributed by atoms with Gasteiger partial charge in [-0.05, 0) is 26.3 Å². The zero-order valence-corrected chi connectivity index (χ0v) is 12.6. The third-order valence-corrected chi connectivity index (χ3v) is 4.24. The van der Waals surface area contributed by atoms with Crippen molar-refractivity contribution >= 4 is 23.2 Å². The Labute approximate surface area is 127 Å². The number of pyridine rings is 1. The summed E-state index contributed by atoms with van der Waals surface area (Å²) in [6.45, 7) is 3.60. The highest BCUT2D eigenvalue weighted by atomic mass is 35.5. The number of aromatic nitrogens is 4. The molecule has 0 aliphatic carbocycles. The van der Waals surface area contributed by atoms with E-state index in [0.717, 1.165) is 36.6 Å². The molecule has 1 fully saturated rings. The summed E-state index contributed by atoms with van der Waals surface area (Å²) < 4.78 is 0. The molecule has 3 heterocycles. The standard InChI is InChI=1S/C13H15Cl2N5/c1-8-17-13(19-18-8)12-3-2-4-20(12)7-9-10(14)5-16-6-11(9)15/h5-6,12H,2-4,7H2,1H3,(H,17,18,19)/t12-/m0/s1. The molecule has 1 N–H and O–H groups in total. The lowest BCUT2D eigenvalue weighted by Gasteiger charge is -2.23. The first kappa shape index (κ1) is 13.8. The molecule has 3 rings (SSSR count). The molecule has 5 nitrogen and oxygen atoms in total. The van der Waals surface area contributed by atoms with Crippen LogP contribution in [0.15, 0.2) is 12.4 Å². The van der Waals surface area contributed by atoms with Crippen LogP contribution < -0.4 is 0 Å². The number of nitrogens with zero attached hydrogens (tertiary/aromatic N) is 4. The lowest BCUT2D eigenvalue weighted by atomic mass is 10.2. The first-order valence-corrected chi connectivity index (χ1v) is 7.31. The van der Waals surface area contributed by atoms with Crippen molar-refractivity contribution in [2.75, 3.05) is 6.54 Å². The highest BCUT2D eigenvalue weighted by Crippen LogP contribution is 2.34. The van der Waals surface area contributed by atoms with Gasteiger partial charge in [0.1, 0.15) is 5.82 Å². The number of likely N-dealkylation sites (tertiary alicyclic amines) is 1. The summed E-state index contributed by atoms with van der Waals surface area (Å²) in [4.78, 5) is 10.7. The molecule has 1 atom stereocenters. The normalized spacial score (nSPS) is 19.6. The van der Waals surface area contributed by atoms with Gasteiger partial charge in [-0.3, -0.25) is 15.0 Å². The molecule has 20 heavy (non-hydrogen) atoms. The monoisotopic (exact) mass is 311 g/mol. The summed E-state index contributed by atoms with van der Waals surface area (Å²) in [5.41, 5.74) is 0.919. The smallest absolute Gasteiger partial charge is 0.167 e. The Morgan fingerprint density at radius 2 is 2.10 bits per heavy atom. The van der Waals surface area contributed by atoms with Crippen molar-refractivity contribution in [1.82, 2.24) is 25.1 Å². The lowest BCUT2D eigenvalue weighted by Crippen LogP contribution is -2.24. The Kier molecular flexibility index (Phi) is 3.92. The number of aryl methyl sites for hydroxylation is 1. The Bertz CT molecular complexity index is 592. The zero-order chi connectivity index (χ0) is 14.1. The Morgan fingerprint density at radius 1 is 1.35 bits per heavy atom. The number of hydrogen-bond donors (Lipinski definition) is 1. The van der Waals surface area contributed by atoms with Crippen LogP contribution in [0.4, 0.5) is 0 Å². The van der Waals surface area contributed by atoms with Crippen molar-refractivity contribution in [2.24, 2.45) is 0 Å². The van der Waals surface area contributed by atoms with Crippen molar-refractivity contribution in [2.45, 2.75) is 32.4 Å². The first-order valence-electron chi connectivity index (χ1n) is 6.56. The molecule has 1 saturated heterocycles. The lowest BCUT2D eigenvalue weighted by molar-refractivity contribution is 0.240. The second-order valence-electron chi connectivity index (χ2n) is 4.99. The van der Waals surface area contributed by atoms with Gasteiger partial charge in [0, 0.05) is 24.5 Å². The minimum atomic E-state index is 0.222. The maximum Gasteiger partial charge on any atom is 0.167 e. The van der Waals surface area contributed by atoms with E-state index in [-0.39, 0.29) is 6.04 Å². The van der Waals surface area contributed by atoms with Gasteiger partial charge in [0.25, 0.3) is 0 Å². The highest BCUT2D eigenvalue weighted by Gasteiger charge is 2.29. The fraction of sp³-hybridized carbons (Fsp3) is 0.462. The summed E-state index contributed by atoms with van der Waals surface area (Å²) in [5.74, 6) is 1.69. The van der Waals surface area contributed by atoms with Gasteiger partial charge in [-0.15, -0.1) is 0 Å². The molecule has 2 aromatic rings. The number of H-pyrrole nitrogens is 1. The molecule has 0 radical (unpaired) electrons. The number of hydrogen-bond acceptors (Lipinski definition) is 4. The van der Waals surface area contributed by atoms with Crippen LogP contribution in [0.5, 0.6) is 0 Å². The Morgan fingerprint density at radius 3 is 2.75 bits per heavy atom. The van der Waals surface area contributed by atoms with Crippen LogP contribution >= 0.6 is 23.2 Å². The van der Waals surface area contributed by atoms with Gasteiger partial charge in [-0.2, -0.15) is 5.10 Å². The summed E-state index contributed by atoms with van der Waals surface area (Å²) in [6.07, 6.45) is 5.44. The Hall–Kier alpha value is -1.17. The van der Waals surface area contributed by atoms with E-state index in [1.807, 2.05) is 6.92 Å². The summed E-state index contributed by atoms with van der Waals surface area (Å²) in [5, 5.41) is 8.39. The number of aromatic amines is 1. The third kappa shape index (κ3) is 2.66. The molecule has 0 aromatic carbocycles. The van der Waals surface area contributed by atoms with Crippen molar-refractivity contribution in [3.63, 3.8) is 0 Å². The van der Waals surface area contributed by atoms with E-state index >= 15 is 0 Å². The second-order valence-corrected chi connectivity index (χ2v) is 5.80. The first-order chi connectivity index (χ1) is 9.65. The summed E-state index contributed by atoms with van der Waals surface area (Å²) in [7, 11) is 0. The molecular weight excluding hydrogens is 297 g/mol. The van der Waals surface area contributed by atoms with Crippen molar-refractivity contribution in [3.8, 4) is 0 Å². The van der Waals surface area contributed by atoms with Crippen LogP contribution in [0.3, 0.4) is 0 Å². The largest absolute Gasteiger partial charge is 0.289 e. The van der Waals surface area contributed by atoms with E-state index in [2.05, 4.69) is 25.1 Å². The molecule has 106 valence electrons. The summed E-state index contributed by atoms with van der Waals surface area (Å²) in [6, 6.07) is 0.222. The predicted molar refractivity (Wildman–Crippen MR) is 77.8 cm³/mol. The van der Waals surface area contributed by atoms with Crippen molar-refractivity contribution in [1.29, 1.82) is 0 Å². The van der Waals surface area contributed by atoms with Gasteiger partial charge < -0.3 is 0 Å². The van der Waals surface area contributed by atoms with E-state index in [4.69, 9.17) is 23.2 Å². The van der Waals surface area contributed by atoms with E-state index in [9.17, 15) is 0 Å². The number of halogens is 2. The van der Waals surface area contributed by atoms with Gasteiger partial charge >= 0.3 is 0 Å². The third-order valence-electron chi connectivity index (χ3n) is 3.59. The van der Waals surface area contributed by atoms with E-state index in [1.165, 1.54) is 0 Å². The molecule has 0 bridgehead atoms. The average Bonchev–Trinajstić information content (AvgIpc) is 3.02. The van der Waals surface area contributed by atoms with Crippen LogP contribution in [-0.2, 0) is 6.54 Å². The van der Waals surface area contributed by atoms with Crippen molar-refractivity contribution in [3.05, 3.63) is 39.7 Å². The van der Waals surface area contributed by atoms with Crippen LogP contribution in [0.2, 0.25) is 10.0 Å². The van der Waals surface area contributed by atoms with Gasteiger partial charge in [0.15, 0.2) is 5.82 Å². The highest BCUT2D eigenvalue weighted by molar-refractivity contribution is 6.35. The molecule has 1 aliphatic rings. The van der Waals surface area contributed by atoms with Crippen molar-refractivity contribution < 1.29 is 0 Å². The topological polar surface area (TPSA) is 57.7 Å². The quantitative estimate of drug-likeness (QED) is 0.946. The van der Waals surface area contributed by atoms with Crippen LogP contribution in [0.25, 0.3) is 0 Å². The molecule has 0 spiro atoms. The summed E-state index contributed by atoms with van der Waals surface area (Å²) >= 11 is 12.4. The van der Waals surface area contributed by atoms with Crippen LogP contribution in [0, 0.1) is 6.92 Å². The molecule has 1 aliphatic heterocycles. The SMILES string of the molecule is Cc1nc([C@@H]2CCCN2Cc2c(Cl)cncc2Cl)n[nH]1. The Balaban J connectivity index is 1.83. The van der Waals surface area contributed by atoms with Gasteiger partial charge in [0.2, 0.25) is 0 Å². The molecule has 0 unspecified atom stereocenters. The second kappa shape index (κ2) is 5.68. The molecule has 0 saturated carbocycles. The molecule has 0 amide bonds. The fourth-order valence-electron chi connectivity index (χ4n) is 2.61. The minimum Gasteiger partial charge on any atom is -0.289 e. The number of rotatable bonds is 3. The minimum absolute atomic E-state index is 0.222. The van der Waals surface area contributed by atoms with E-state index in [1.54, 1.807) is 12.4 Å². The van der Waals surface area contributed by atoms with Crippen LogP contribution in [-0.4, -0.2) is 31.6 Å². The van der Waals surface area contributed by atoms with E-state index in [0.29, 0.717) is 16.6 Å². The maximum absolute atomic E-state index is 6.19. The maximum atomic E-state index is 6.19. The van der Waals surface area contributed by atoms with Crippen LogP contribution in [0.1, 0.15) is 36.1 Å². The number of nitrogens with one attached hydrogen (secondary N) is 1. The average molecular weight is 312 g/mol.